The highest BCUT2D eigenvalue weighted by molar-refractivity contribution is 6.35. The molecule has 0 aromatic heterocycles. The minimum Gasteiger partial charge on any atom is -0.276 e. The van der Waals surface area contributed by atoms with Crippen LogP contribution in [0.4, 0.5) is 24.5 Å². The van der Waals surface area contributed by atoms with Crippen molar-refractivity contribution in [2.45, 2.75) is 6.18 Å². The van der Waals surface area contributed by atoms with Crippen molar-refractivity contribution in [3.05, 3.63) is 58.1 Å². The first-order valence-electron chi connectivity index (χ1n) is 6.57. The molecule has 0 fully saturated rings. The summed E-state index contributed by atoms with van der Waals surface area (Å²) in [6, 6.07) is 10.4. The monoisotopic (exact) mass is 385 g/mol. The second kappa shape index (κ2) is 7.96. The van der Waals surface area contributed by atoms with E-state index in [1.807, 2.05) is 0 Å². The van der Waals surface area contributed by atoms with Crippen molar-refractivity contribution >= 4 is 40.4 Å². The quantitative estimate of drug-likeness (QED) is 0.302. The molecule has 25 heavy (non-hydrogen) atoms. The zero-order valence-corrected chi connectivity index (χ0v) is 13.7. The summed E-state index contributed by atoms with van der Waals surface area (Å²) in [4.78, 5) is 0. The number of hydrazone groups is 1. The van der Waals surface area contributed by atoms with Crippen molar-refractivity contribution in [2.75, 3.05) is 5.43 Å². The fourth-order valence-corrected chi connectivity index (χ4v) is 2.17. The Hall–Kier alpha value is -2.63. The number of benzene rings is 2. The Balaban J connectivity index is 2.16. The normalized spacial score (nSPS) is 12.2. The van der Waals surface area contributed by atoms with Gasteiger partial charge in [-0.3, -0.25) is 5.43 Å². The Morgan fingerprint density at radius 3 is 2.36 bits per heavy atom. The zero-order valence-electron chi connectivity index (χ0n) is 12.2. The van der Waals surface area contributed by atoms with Crippen LogP contribution in [0.25, 0.3) is 0 Å². The molecule has 0 atom stereocenters. The number of anilines is 1. The highest BCUT2D eigenvalue weighted by Crippen LogP contribution is 2.30. The molecule has 2 rings (SSSR count). The van der Waals surface area contributed by atoms with Gasteiger partial charge in [0.1, 0.15) is 6.07 Å². The van der Waals surface area contributed by atoms with E-state index in [-0.39, 0.29) is 5.69 Å². The Bertz CT molecular complexity index is 852. The van der Waals surface area contributed by atoms with E-state index in [1.54, 1.807) is 6.07 Å². The maximum Gasteiger partial charge on any atom is 0.416 e. The number of hydrogen-bond donors (Lipinski definition) is 1. The van der Waals surface area contributed by atoms with Crippen molar-refractivity contribution in [1.29, 1.82) is 5.26 Å². The summed E-state index contributed by atoms with van der Waals surface area (Å²) in [6.45, 7) is 0. The van der Waals surface area contributed by atoms with Gasteiger partial charge in [-0.25, -0.2) is 0 Å². The van der Waals surface area contributed by atoms with E-state index in [2.05, 4.69) is 20.8 Å². The van der Waals surface area contributed by atoms with Gasteiger partial charge in [-0.05, 0) is 36.4 Å². The van der Waals surface area contributed by atoms with Gasteiger partial charge in [0.15, 0.2) is 0 Å². The van der Waals surface area contributed by atoms with E-state index in [0.29, 0.717) is 15.7 Å². The van der Waals surface area contributed by atoms with Crippen LogP contribution < -0.4 is 5.43 Å². The van der Waals surface area contributed by atoms with Crippen LogP contribution in [0.2, 0.25) is 10.0 Å². The maximum atomic E-state index is 12.6. The summed E-state index contributed by atoms with van der Waals surface area (Å²) in [6.07, 6.45) is -4.48. The SMILES string of the molecule is N#CC(/N=N/c1cc(Cl)cc(Cl)c1)=N\Nc1cccc(C(F)(F)F)c1. The molecule has 0 bridgehead atoms. The number of nitrogens with zero attached hydrogens (tertiary/aromatic N) is 4. The van der Waals surface area contributed by atoms with E-state index >= 15 is 0 Å². The number of alkyl halides is 3. The molecule has 2 aromatic rings. The van der Waals surface area contributed by atoms with Crippen LogP contribution in [0.5, 0.6) is 0 Å². The first kappa shape index (κ1) is 18.7. The van der Waals surface area contributed by atoms with Crippen LogP contribution >= 0.6 is 23.2 Å². The average Bonchev–Trinajstić information content (AvgIpc) is 2.53. The van der Waals surface area contributed by atoms with Gasteiger partial charge in [0.05, 0.1) is 16.9 Å². The first-order valence-corrected chi connectivity index (χ1v) is 7.32. The number of nitriles is 1. The summed E-state index contributed by atoms with van der Waals surface area (Å²) in [7, 11) is 0. The molecule has 5 nitrogen and oxygen atoms in total. The Kier molecular flexibility index (Phi) is 5.96. The van der Waals surface area contributed by atoms with Crippen molar-refractivity contribution in [1.82, 2.24) is 0 Å². The molecule has 10 heteroatoms. The predicted octanol–water partition coefficient (Wildman–Crippen LogP) is 6.05. The minimum absolute atomic E-state index is 0.0450. The Labute approximate surface area is 150 Å². The van der Waals surface area contributed by atoms with Crippen LogP contribution in [-0.2, 0) is 6.18 Å². The molecule has 0 radical (unpaired) electrons. The van der Waals surface area contributed by atoms with Gasteiger partial charge in [-0.1, -0.05) is 29.3 Å². The molecule has 1 N–H and O–H groups in total. The lowest BCUT2D eigenvalue weighted by Gasteiger charge is -2.07. The average molecular weight is 386 g/mol. The lowest BCUT2D eigenvalue weighted by molar-refractivity contribution is -0.137. The molecular weight excluding hydrogens is 378 g/mol. The molecule has 2 aromatic carbocycles. The third-order valence-corrected chi connectivity index (χ3v) is 3.12. The molecule has 0 unspecified atom stereocenters. The van der Waals surface area contributed by atoms with Gasteiger partial charge in [0, 0.05) is 10.0 Å². The summed E-state index contributed by atoms with van der Waals surface area (Å²) >= 11 is 11.6. The molecular formula is C15H8Cl2F3N5. The van der Waals surface area contributed by atoms with E-state index in [1.165, 1.54) is 30.3 Å². The summed E-state index contributed by atoms with van der Waals surface area (Å²) < 4.78 is 37.9. The molecule has 0 aliphatic rings. The van der Waals surface area contributed by atoms with Gasteiger partial charge in [-0.15, -0.1) is 15.3 Å². The van der Waals surface area contributed by atoms with E-state index < -0.39 is 17.6 Å². The van der Waals surface area contributed by atoms with Gasteiger partial charge in [0.2, 0.25) is 0 Å². The number of halogens is 5. The molecule has 0 amide bonds. The molecule has 0 aliphatic carbocycles. The number of nitrogens with one attached hydrogen (secondary N) is 1. The number of amidine groups is 1. The number of rotatable bonds is 3. The van der Waals surface area contributed by atoms with Crippen LogP contribution in [0, 0.1) is 11.3 Å². The van der Waals surface area contributed by atoms with Crippen molar-refractivity contribution in [3.8, 4) is 6.07 Å². The van der Waals surface area contributed by atoms with Gasteiger partial charge < -0.3 is 0 Å². The molecule has 0 heterocycles. The van der Waals surface area contributed by atoms with Crippen molar-refractivity contribution in [2.24, 2.45) is 15.3 Å². The Morgan fingerprint density at radius 1 is 1.08 bits per heavy atom. The lowest BCUT2D eigenvalue weighted by atomic mass is 10.2. The zero-order chi connectivity index (χ0) is 18.4. The minimum atomic E-state index is -4.48. The molecule has 0 saturated heterocycles. The lowest BCUT2D eigenvalue weighted by Crippen LogP contribution is -2.05. The summed E-state index contributed by atoms with van der Waals surface area (Å²) in [5.74, 6) is -0.395. The molecule has 128 valence electrons. The van der Waals surface area contributed by atoms with Gasteiger partial charge in [0.25, 0.3) is 5.84 Å². The number of azo groups is 1. The number of hydrogen-bond acceptors (Lipinski definition) is 4. The first-order chi connectivity index (χ1) is 11.8. The van der Waals surface area contributed by atoms with Crippen LogP contribution in [0.15, 0.2) is 57.8 Å². The fraction of sp³-hybridized carbons (Fsp3) is 0.0667. The predicted molar refractivity (Wildman–Crippen MR) is 89.1 cm³/mol. The third-order valence-electron chi connectivity index (χ3n) is 2.69. The largest absolute Gasteiger partial charge is 0.416 e. The van der Waals surface area contributed by atoms with Crippen LogP contribution in [-0.4, -0.2) is 5.84 Å². The van der Waals surface area contributed by atoms with Crippen molar-refractivity contribution < 1.29 is 13.2 Å². The Morgan fingerprint density at radius 2 is 1.76 bits per heavy atom. The van der Waals surface area contributed by atoms with Crippen LogP contribution in [0.3, 0.4) is 0 Å². The third kappa shape index (κ3) is 5.74. The second-order valence-electron chi connectivity index (χ2n) is 4.57. The van der Waals surface area contributed by atoms with Gasteiger partial charge >= 0.3 is 6.18 Å². The van der Waals surface area contributed by atoms with E-state index in [0.717, 1.165) is 12.1 Å². The maximum absolute atomic E-state index is 12.6. The fourth-order valence-electron chi connectivity index (χ4n) is 1.65. The van der Waals surface area contributed by atoms with Crippen LogP contribution in [0.1, 0.15) is 5.56 Å². The molecule has 0 saturated carbocycles. The molecule has 0 spiro atoms. The van der Waals surface area contributed by atoms with Gasteiger partial charge in [-0.2, -0.15) is 18.4 Å². The van der Waals surface area contributed by atoms with E-state index in [9.17, 15) is 13.2 Å². The second-order valence-corrected chi connectivity index (χ2v) is 5.44. The summed E-state index contributed by atoms with van der Waals surface area (Å²) in [5, 5.41) is 20.6. The topological polar surface area (TPSA) is 72.9 Å². The highest BCUT2D eigenvalue weighted by Gasteiger charge is 2.30. The molecule has 0 aliphatic heterocycles. The van der Waals surface area contributed by atoms with E-state index in [4.69, 9.17) is 28.5 Å². The smallest absolute Gasteiger partial charge is 0.276 e. The van der Waals surface area contributed by atoms with Crippen molar-refractivity contribution in [3.63, 3.8) is 0 Å². The summed E-state index contributed by atoms with van der Waals surface area (Å²) in [5.41, 5.74) is 1.82. The standard InChI is InChI=1S/C15H8Cl2F3N5/c16-10-5-11(17)7-13(6-10)23-25-14(8-21)24-22-12-3-1-2-9(4-12)15(18,19)20/h1-7,22H/b24-14+,25-23+. The highest BCUT2D eigenvalue weighted by atomic mass is 35.5.